The third kappa shape index (κ3) is 4.05. The van der Waals surface area contributed by atoms with Crippen molar-refractivity contribution in [1.29, 1.82) is 0 Å². The molecule has 1 amide bonds. The fraction of sp³-hybridized carbons (Fsp3) is 0.526. The van der Waals surface area contributed by atoms with Gasteiger partial charge in [0, 0.05) is 26.2 Å². The molecule has 0 bridgehead atoms. The number of fused-ring (bicyclic) bond motifs is 1. The lowest BCUT2D eigenvalue weighted by atomic mass is 9.99. The number of hydrogen-bond donors (Lipinski definition) is 1. The zero-order valence-corrected chi connectivity index (χ0v) is 17.4. The molecule has 2 aliphatic heterocycles. The molecule has 1 aromatic carbocycles. The molecule has 1 aromatic heterocycles. The highest BCUT2D eigenvalue weighted by Crippen LogP contribution is 2.27. The number of sulfonamides is 1. The van der Waals surface area contributed by atoms with E-state index >= 15 is 0 Å². The maximum Gasteiger partial charge on any atom is 0.273 e. The molecule has 1 saturated heterocycles. The number of amides is 1. The molecule has 1 N–H and O–H groups in total. The molecule has 0 saturated carbocycles. The van der Waals surface area contributed by atoms with E-state index in [0.29, 0.717) is 31.7 Å². The first kappa shape index (κ1) is 20.0. The minimum Gasteiger partial charge on any atom is -0.376 e. The molecular weight excluding hydrogens is 394 g/mol. The number of aromatic nitrogens is 3. The Labute approximate surface area is 170 Å². The van der Waals surface area contributed by atoms with Crippen molar-refractivity contribution in [2.45, 2.75) is 38.8 Å². The Morgan fingerprint density at radius 2 is 2.21 bits per heavy atom. The smallest absolute Gasteiger partial charge is 0.273 e. The summed E-state index contributed by atoms with van der Waals surface area (Å²) in [7, 11) is -3.24. The molecule has 2 aliphatic rings. The number of hydrogen-bond acceptors (Lipinski definition) is 6. The van der Waals surface area contributed by atoms with E-state index < -0.39 is 10.0 Å². The Kier molecular flexibility index (Phi) is 5.41. The highest BCUT2D eigenvalue weighted by molar-refractivity contribution is 7.88. The van der Waals surface area contributed by atoms with Gasteiger partial charge in [-0.1, -0.05) is 17.3 Å². The molecule has 0 radical (unpaired) electrons. The van der Waals surface area contributed by atoms with Crippen molar-refractivity contribution < 1.29 is 17.9 Å². The number of ether oxygens (including phenoxy) is 1. The highest BCUT2D eigenvalue weighted by Gasteiger charge is 2.27. The first-order valence-corrected chi connectivity index (χ1v) is 11.6. The number of rotatable bonds is 5. The number of nitrogens with zero attached hydrogens (tertiary/aromatic N) is 4. The number of carbonyl (C=O) groups is 1. The average Bonchev–Trinajstić information content (AvgIpc) is 3.34. The summed E-state index contributed by atoms with van der Waals surface area (Å²) in [6.07, 6.45) is 3.84. The third-order valence-corrected chi connectivity index (χ3v) is 6.78. The van der Waals surface area contributed by atoms with Gasteiger partial charge in [0.25, 0.3) is 5.91 Å². The molecule has 4 rings (SSSR count). The van der Waals surface area contributed by atoms with E-state index in [1.165, 1.54) is 10.6 Å². The van der Waals surface area contributed by atoms with Crippen LogP contribution in [0.3, 0.4) is 0 Å². The second-order valence-corrected chi connectivity index (χ2v) is 9.52. The standard InChI is InChI=1S/C19H25N5O4S/c1-13-18(19(25)20-11-15-6-4-10-28-15)21-22-24(13)17-7-3-5-14-12-23(29(2,26)27)9-8-16(14)17/h3,5,7,15H,4,6,8-12H2,1-2H3,(H,20,25)/t15-/m1/s1. The Hall–Kier alpha value is -2.30. The lowest BCUT2D eigenvalue weighted by Crippen LogP contribution is -2.35. The van der Waals surface area contributed by atoms with Crippen molar-refractivity contribution in [3.05, 3.63) is 40.7 Å². The van der Waals surface area contributed by atoms with Gasteiger partial charge in [0.15, 0.2) is 5.69 Å². The molecule has 9 nitrogen and oxygen atoms in total. The van der Waals surface area contributed by atoms with Crippen molar-refractivity contribution in [1.82, 2.24) is 24.6 Å². The van der Waals surface area contributed by atoms with E-state index in [4.69, 9.17) is 4.74 Å². The summed E-state index contributed by atoms with van der Waals surface area (Å²) >= 11 is 0. The lowest BCUT2D eigenvalue weighted by Gasteiger charge is -2.28. The second kappa shape index (κ2) is 7.85. The van der Waals surface area contributed by atoms with E-state index in [1.807, 2.05) is 25.1 Å². The van der Waals surface area contributed by atoms with E-state index in [0.717, 1.165) is 36.3 Å². The molecule has 29 heavy (non-hydrogen) atoms. The maximum atomic E-state index is 12.6. The minimum absolute atomic E-state index is 0.0632. The van der Waals surface area contributed by atoms with Gasteiger partial charge < -0.3 is 10.1 Å². The van der Waals surface area contributed by atoms with Gasteiger partial charge in [0.2, 0.25) is 10.0 Å². The first-order valence-electron chi connectivity index (χ1n) is 9.73. The highest BCUT2D eigenvalue weighted by atomic mass is 32.2. The SMILES string of the molecule is Cc1c(C(=O)NC[C@H]2CCCO2)nnn1-c1cccc2c1CCN(S(C)(=O)=O)C2. The number of nitrogens with one attached hydrogen (secondary N) is 1. The zero-order chi connectivity index (χ0) is 20.6. The van der Waals surface area contributed by atoms with Crippen LogP contribution in [-0.2, 0) is 27.7 Å². The fourth-order valence-corrected chi connectivity index (χ4v) is 4.70. The van der Waals surface area contributed by atoms with Crippen LogP contribution in [0.25, 0.3) is 5.69 Å². The van der Waals surface area contributed by atoms with Crippen LogP contribution in [0.4, 0.5) is 0 Å². The quantitative estimate of drug-likeness (QED) is 0.768. The zero-order valence-electron chi connectivity index (χ0n) is 16.6. The molecule has 0 spiro atoms. The predicted octanol–water partition coefficient (Wildman–Crippen LogP) is 0.802. The van der Waals surface area contributed by atoms with Gasteiger partial charge in [-0.15, -0.1) is 5.10 Å². The van der Waals surface area contributed by atoms with Crippen molar-refractivity contribution in [3.8, 4) is 5.69 Å². The first-order chi connectivity index (χ1) is 13.8. The molecular formula is C19H25N5O4S. The van der Waals surface area contributed by atoms with E-state index in [-0.39, 0.29) is 17.7 Å². The minimum atomic E-state index is -3.24. The van der Waals surface area contributed by atoms with Crippen LogP contribution in [0.1, 0.15) is 40.2 Å². The normalized spacial score (nSPS) is 19.9. The summed E-state index contributed by atoms with van der Waals surface area (Å²) in [5.74, 6) is -0.266. The second-order valence-electron chi connectivity index (χ2n) is 7.54. The third-order valence-electron chi connectivity index (χ3n) is 5.53. The molecule has 3 heterocycles. The van der Waals surface area contributed by atoms with Gasteiger partial charge >= 0.3 is 0 Å². The van der Waals surface area contributed by atoms with Crippen LogP contribution in [0.15, 0.2) is 18.2 Å². The molecule has 156 valence electrons. The van der Waals surface area contributed by atoms with Gasteiger partial charge in [-0.25, -0.2) is 13.1 Å². The molecule has 10 heteroatoms. The van der Waals surface area contributed by atoms with Crippen molar-refractivity contribution in [2.75, 3.05) is 26.0 Å². The lowest BCUT2D eigenvalue weighted by molar-refractivity contribution is 0.0853. The predicted molar refractivity (Wildman–Crippen MR) is 106 cm³/mol. The molecule has 2 aromatic rings. The number of benzene rings is 1. The van der Waals surface area contributed by atoms with Gasteiger partial charge in [0.1, 0.15) is 0 Å². The topological polar surface area (TPSA) is 106 Å². The molecule has 0 aliphatic carbocycles. The van der Waals surface area contributed by atoms with Crippen molar-refractivity contribution in [3.63, 3.8) is 0 Å². The van der Waals surface area contributed by atoms with Crippen LogP contribution in [0, 0.1) is 6.92 Å². The van der Waals surface area contributed by atoms with Crippen LogP contribution in [-0.4, -0.2) is 65.7 Å². The van der Waals surface area contributed by atoms with E-state index in [9.17, 15) is 13.2 Å². The Balaban J connectivity index is 1.56. The monoisotopic (exact) mass is 419 g/mol. The van der Waals surface area contributed by atoms with Crippen molar-refractivity contribution >= 4 is 15.9 Å². The van der Waals surface area contributed by atoms with Crippen LogP contribution < -0.4 is 5.32 Å². The van der Waals surface area contributed by atoms with Crippen LogP contribution in [0.5, 0.6) is 0 Å². The van der Waals surface area contributed by atoms with Crippen molar-refractivity contribution in [2.24, 2.45) is 0 Å². The van der Waals surface area contributed by atoms with Gasteiger partial charge in [-0.3, -0.25) is 4.79 Å². The Morgan fingerprint density at radius 3 is 2.93 bits per heavy atom. The molecule has 0 unspecified atom stereocenters. The summed E-state index contributed by atoms with van der Waals surface area (Å²) < 4.78 is 32.4. The summed E-state index contributed by atoms with van der Waals surface area (Å²) in [5, 5.41) is 11.2. The number of carbonyl (C=O) groups excluding carboxylic acids is 1. The summed E-state index contributed by atoms with van der Waals surface area (Å²) in [6, 6.07) is 5.72. The van der Waals surface area contributed by atoms with Gasteiger partial charge in [0.05, 0.1) is 23.7 Å². The van der Waals surface area contributed by atoms with Gasteiger partial charge in [-0.2, -0.15) is 4.31 Å². The van der Waals surface area contributed by atoms with Crippen LogP contribution >= 0.6 is 0 Å². The summed E-state index contributed by atoms with van der Waals surface area (Å²) in [4.78, 5) is 12.6. The summed E-state index contributed by atoms with van der Waals surface area (Å²) in [5.41, 5.74) is 3.74. The van der Waals surface area contributed by atoms with Crippen LogP contribution in [0.2, 0.25) is 0 Å². The largest absolute Gasteiger partial charge is 0.376 e. The molecule has 1 fully saturated rings. The maximum absolute atomic E-state index is 12.6. The van der Waals surface area contributed by atoms with E-state index in [2.05, 4.69) is 15.6 Å². The van der Waals surface area contributed by atoms with Gasteiger partial charge in [-0.05, 0) is 43.4 Å². The summed E-state index contributed by atoms with van der Waals surface area (Å²) in [6.45, 7) is 3.78. The van der Waals surface area contributed by atoms with E-state index in [1.54, 1.807) is 4.68 Å². The average molecular weight is 420 g/mol. The Bertz CT molecular complexity index is 1030. The molecule has 1 atom stereocenters. The Morgan fingerprint density at radius 1 is 1.38 bits per heavy atom. The fourth-order valence-electron chi connectivity index (χ4n) is 3.91.